The molecule has 2 aromatic rings. The Labute approximate surface area is 186 Å². The van der Waals surface area contributed by atoms with Gasteiger partial charge in [0.05, 0.1) is 32.2 Å². The highest BCUT2D eigenvalue weighted by atomic mass is 79.9. The van der Waals surface area contributed by atoms with Crippen LogP contribution in [-0.4, -0.2) is 16.4 Å². The van der Waals surface area contributed by atoms with E-state index in [4.69, 9.17) is 23.2 Å². The Bertz CT molecular complexity index is 1030. The molecule has 0 aliphatic carbocycles. The lowest BCUT2D eigenvalue weighted by Gasteiger charge is -2.29. The van der Waals surface area contributed by atoms with E-state index >= 15 is 0 Å². The molecule has 2 rings (SSSR count). The van der Waals surface area contributed by atoms with Gasteiger partial charge in [-0.15, -0.1) is 0 Å². The summed E-state index contributed by atoms with van der Waals surface area (Å²) in [5.41, 5.74) is -4.00. The van der Waals surface area contributed by atoms with Crippen molar-refractivity contribution in [3.05, 3.63) is 64.1 Å². The number of non-ortho nitro benzene ring substituents is 1. The summed E-state index contributed by atoms with van der Waals surface area (Å²) in [6.45, 7) is 3.15. The number of nitro groups is 2. The molecule has 0 amide bonds. The van der Waals surface area contributed by atoms with Gasteiger partial charge < -0.3 is 4.90 Å². The molecule has 0 fully saturated rings. The second kappa shape index (κ2) is 8.94. The summed E-state index contributed by atoms with van der Waals surface area (Å²) in [5.74, 6) is 0. The Morgan fingerprint density at radius 2 is 1.67 bits per heavy atom. The van der Waals surface area contributed by atoms with E-state index in [1.165, 1.54) is 6.07 Å². The lowest BCUT2D eigenvalue weighted by molar-refractivity contribution is -0.394. The van der Waals surface area contributed by atoms with Crippen LogP contribution >= 0.6 is 39.1 Å². The molecule has 0 saturated heterocycles. The number of hydrogen-bond donors (Lipinski definition) is 0. The van der Waals surface area contributed by atoms with E-state index in [0.29, 0.717) is 11.6 Å². The van der Waals surface area contributed by atoms with Crippen LogP contribution in [0.3, 0.4) is 0 Å². The average Bonchev–Trinajstić information content (AvgIpc) is 2.63. The Kier molecular flexibility index (Phi) is 7.20. The number of rotatable bonds is 6. The topological polar surface area (TPSA) is 89.5 Å². The van der Waals surface area contributed by atoms with Crippen molar-refractivity contribution < 1.29 is 23.0 Å². The zero-order chi connectivity index (χ0) is 23.0. The van der Waals surface area contributed by atoms with Crippen molar-refractivity contribution in [2.24, 2.45) is 0 Å². The number of alkyl halides is 3. The summed E-state index contributed by atoms with van der Waals surface area (Å²) in [5, 5.41) is 22.9. The van der Waals surface area contributed by atoms with E-state index in [0.717, 1.165) is 4.90 Å². The summed E-state index contributed by atoms with van der Waals surface area (Å²) < 4.78 is 41.8. The SMILES string of the molecule is CCCN(c1c([N+](=O)[O-])cc([N+](=O)[O-])cc1C(F)(F)F)c1c(Cl)cc(Cl)c(C)c1Br. The van der Waals surface area contributed by atoms with E-state index in [9.17, 15) is 33.4 Å². The first-order chi connectivity index (χ1) is 13.8. The number of benzene rings is 2. The van der Waals surface area contributed by atoms with Crippen molar-refractivity contribution in [2.75, 3.05) is 11.4 Å². The van der Waals surface area contributed by atoms with Gasteiger partial charge in [-0.2, -0.15) is 13.2 Å². The van der Waals surface area contributed by atoms with Crippen molar-refractivity contribution in [3.8, 4) is 0 Å². The second-order valence-electron chi connectivity index (χ2n) is 6.15. The molecule has 0 unspecified atom stereocenters. The number of halogens is 6. The number of hydrogen-bond acceptors (Lipinski definition) is 5. The van der Waals surface area contributed by atoms with E-state index in [-0.39, 0.29) is 39.2 Å². The first-order valence-electron chi connectivity index (χ1n) is 8.26. The van der Waals surface area contributed by atoms with Crippen molar-refractivity contribution >= 4 is 61.9 Å². The predicted molar refractivity (Wildman–Crippen MR) is 111 cm³/mol. The molecule has 0 radical (unpaired) electrons. The van der Waals surface area contributed by atoms with E-state index < -0.39 is 38.6 Å². The molecule has 0 bridgehead atoms. The molecular weight excluding hydrogens is 518 g/mol. The van der Waals surface area contributed by atoms with Gasteiger partial charge in [0.25, 0.3) is 11.4 Å². The maximum absolute atomic E-state index is 13.9. The van der Waals surface area contributed by atoms with Crippen LogP contribution in [0.15, 0.2) is 22.7 Å². The van der Waals surface area contributed by atoms with Crippen molar-refractivity contribution in [2.45, 2.75) is 26.4 Å². The van der Waals surface area contributed by atoms with Crippen LogP contribution in [0.25, 0.3) is 0 Å². The molecule has 0 N–H and O–H groups in total. The molecular formula is C17H13BrCl2F3N3O4. The van der Waals surface area contributed by atoms with Crippen LogP contribution in [0.1, 0.15) is 24.5 Å². The summed E-state index contributed by atoms with van der Waals surface area (Å²) in [7, 11) is 0. The van der Waals surface area contributed by atoms with Gasteiger partial charge in [0.15, 0.2) is 0 Å². The smallest absolute Gasteiger partial charge is 0.333 e. The largest absolute Gasteiger partial charge is 0.418 e. The van der Waals surface area contributed by atoms with Crippen molar-refractivity contribution in [1.82, 2.24) is 0 Å². The lowest BCUT2D eigenvalue weighted by Crippen LogP contribution is -2.24. The van der Waals surface area contributed by atoms with Crippen LogP contribution in [0.4, 0.5) is 35.9 Å². The average molecular weight is 531 g/mol. The molecule has 30 heavy (non-hydrogen) atoms. The molecule has 0 aliphatic rings. The second-order valence-corrected chi connectivity index (χ2v) is 7.76. The van der Waals surface area contributed by atoms with Crippen LogP contribution in [0, 0.1) is 27.2 Å². The zero-order valence-corrected chi connectivity index (χ0v) is 18.5. The van der Waals surface area contributed by atoms with Gasteiger partial charge in [-0.05, 0) is 40.9 Å². The summed E-state index contributed by atoms with van der Waals surface area (Å²) in [6.07, 6.45) is -4.82. The molecule has 0 spiro atoms. The van der Waals surface area contributed by atoms with Gasteiger partial charge in [-0.25, -0.2) is 0 Å². The van der Waals surface area contributed by atoms with E-state index in [1.54, 1.807) is 13.8 Å². The Morgan fingerprint density at radius 1 is 1.07 bits per heavy atom. The molecule has 13 heteroatoms. The fraction of sp³-hybridized carbons (Fsp3) is 0.294. The molecule has 0 aromatic heterocycles. The van der Waals surface area contributed by atoms with Crippen LogP contribution in [0.2, 0.25) is 10.0 Å². The van der Waals surface area contributed by atoms with Crippen molar-refractivity contribution in [3.63, 3.8) is 0 Å². The zero-order valence-electron chi connectivity index (χ0n) is 15.4. The minimum atomic E-state index is -5.11. The number of nitrogens with zero attached hydrogens (tertiary/aromatic N) is 3. The third-order valence-corrected chi connectivity index (χ3v) is 5.80. The number of anilines is 2. The maximum Gasteiger partial charge on any atom is 0.418 e. The Balaban J connectivity index is 3.02. The maximum atomic E-state index is 13.9. The van der Waals surface area contributed by atoms with Gasteiger partial charge in [0, 0.05) is 22.1 Å². The monoisotopic (exact) mass is 529 g/mol. The highest BCUT2D eigenvalue weighted by Crippen LogP contribution is 2.50. The minimum Gasteiger partial charge on any atom is -0.333 e. The van der Waals surface area contributed by atoms with Gasteiger partial charge in [-0.3, -0.25) is 20.2 Å². The third kappa shape index (κ3) is 4.62. The lowest BCUT2D eigenvalue weighted by atomic mass is 10.1. The molecule has 7 nitrogen and oxygen atoms in total. The molecule has 2 aromatic carbocycles. The predicted octanol–water partition coefficient (Wildman–Crippen LogP) is 7.45. The van der Waals surface area contributed by atoms with Gasteiger partial charge in [0.2, 0.25) is 0 Å². The summed E-state index contributed by atoms with van der Waals surface area (Å²) in [6, 6.07) is 2.08. The Hall–Kier alpha value is -2.11. The van der Waals surface area contributed by atoms with Gasteiger partial charge in [0.1, 0.15) is 5.69 Å². The van der Waals surface area contributed by atoms with Crippen LogP contribution < -0.4 is 4.90 Å². The molecule has 0 aliphatic heterocycles. The summed E-state index contributed by atoms with van der Waals surface area (Å²) in [4.78, 5) is 21.5. The first-order valence-corrected chi connectivity index (χ1v) is 9.81. The quantitative estimate of drug-likeness (QED) is 0.286. The summed E-state index contributed by atoms with van der Waals surface area (Å²) >= 11 is 15.6. The number of nitro benzene ring substituents is 2. The van der Waals surface area contributed by atoms with Gasteiger partial charge >= 0.3 is 6.18 Å². The van der Waals surface area contributed by atoms with Crippen LogP contribution in [0.5, 0.6) is 0 Å². The normalized spacial score (nSPS) is 11.5. The van der Waals surface area contributed by atoms with Crippen molar-refractivity contribution in [1.29, 1.82) is 0 Å². The molecule has 162 valence electrons. The third-order valence-electron chi connectivity index (χ3n) is 4.15. The highest BCUT2D eigenvalue weighted by molar-refractivity contribution is 9.10. The van der Waals surface area contributed by atoms with E-state index in [1.807, 2.05) is 0 Å². The molecule has 0 heterocycles. The molecule has 0 saturated carbocycles. The Morgan fingerprint density at radius 3 is 2.13 bits per heavy atom. The molecule has 0 atom stereocenters. The first kappa shape index (κ1) is 24.2. The standard InChI is InChI=1S/C17H13BrCl2F3N3O4/c1-3-4-24(16-12(20)7-11(19)8(2)14(16)18)15-10(17(21,22)23)5-9(25(27)28)6-13(15)26(29)30/h5-7H,3-4H2,1-2H3. The highest BCUT2D eigenvalue weighted by Gasteiger charge is 2.42. The fourth-order valence-electron chi connectivity index (χ4n) is 2.83. The van der Waals surface area contributed by atoms with Gasteiger partial charge in [-0.1, -0.05) is 30.1 Å². The van der Waals surface area contributed by atoms with E-state index in [2.05, 4.69) is 15.9 Å². The van der Waals surface area contributed by atoms with Crippen LogP contribution in [-0.2, 0) is 6.18 Å². The fourth-order valence-corrected chi connectivity index (χ4v) is 4.26. The minimum absolute atomic E-state index is 0.0304.